The largest absolute Gasteiger partial charge is 0.462 e. The summed E-state index contributed by atoms with van der Waals surface area (Å²) in [5.41, 5.74) is 0. The van der Waals surface area contributed by atoms with Crippen LogP contribution in [0.1, 0.15) is 41.0 Å². The van der Waals surface area contributed by atoms with E-state index in [1.165, 1.54) is 16.8 Å². The molecule has 0 aromatic carbocycles. The third-order valence-corrected chi connectivity index (χ3v) is 3.04. The fourth-order valence-electron chi connectivity index (χ4n) is 0.867. The number of amidine groups is 1. The molecule has 0 aromatic heterocycles. The predicted octanol–water partition coefficient (Wildman–Crippen LogP) is 2.59. The Kier molecular flexibility index (Phi) is 8.16. The molecule has 0 aliphatic carbocycles. The van der Waals surface area contributed by atoms with Crippen molar-refractivity contribution in [1.29, 1.82) is 0 Å². The third kappa shape index (κ3) is 10.0. The van der Waals surface area contributed by atoms with Gasteiger partial charge in [-0.1, -0.05) is 6.92 Å². The smallest absolute Gasteiger partial charge is 0.347 e. The van der Waals surface area contributed by atoms with Gasteiger partial charge in [-0.25, -0.2) is 9.59 Å². The zero-order valence-electron chi connectivity index (χ0n) is 13.8. The molecule has 122 valence electrons. The quantitative estimate of drug-likeness (QED) is 0.476. The highest BCUT2D eigenvalue weighted by atomic mass is 32.2. The van der Waals surface area contributed by atoms with Crippen LogP contribution < -0.4 is 10.0 Å². The Labute approximate surface area is 131 Å². The van der Waals surface area contributed by atoms with Gasteiger partial charge in [-0.15, -0.1) is 4.99 Å². The number of ether oxygens (including phenoxy) is 1. The Balaban J connectivity index is 4.74. The van der Waals surface area contributed by atoms with Crippen molar-refractivity contribution in [2.24, 2.45) is 4.99 Å². The normalized spacial score (nSPS) is 13.4. The minimum absolute atomic E-state index is 0.102. The van der Waals surface area contributed by atoms with Gasteiger partial charge in [0.05, 0.1) is 6.10 Å². The number of rotatable bonds is 3. The first-order chi connectivity index (χ1) is 9.55. The van der Waals surface area contributed by atoms with Crippen LogP contribution in [0.2, 0.25) is 0 Å². The molecule has 4 amide bonds. The number of carbonyl (C=O) groups is 2. The summed E-state index contributed by atoms with van der Waals surface area (Å²) >= 11 is 1.27. The molecule has 0 rings (SSSR count). The van der Waals surface area contributed by atoms with Crippen LogP contribution in [0.25, 0.3) is 0 Å². The highest BCUT2D eigenvalue weighted by molar-refractivity contribution is 7.99. The van der Waals surface area contributed by atoms with Gasteiger partial charge in [0, 0.05) is 18.8 Å². The minimum Gasteiger partial charge on any atom is -0.462 e. The van der Waals surface area contributed by atoms with E-state index in [0.717, 1.165) is 6.42 Å². The fourth-order valence-corrected chi connectivity index (χ4v) is 1.32. The summed E-state index contributed by atoms with van der Waals surface area (Å²) in [6, 6.07) is -1.09. The molecule has 0 saturated carbocycles. The first-order valence-electron chi connectivity index (χ1n) is 6.76. The van der Waals surface area contributed by atoms with Gasteiger partial charge in [0.25, 0.3) is 0 Å². The van der Waals surface area contributed by atoms with Crippen molar-refractivity contribution in [3.05, 3.63) is 0 Å². The van der Waals surface area contributed by atoms with Gasteiger partial charge in [0.2, 0.25) is 0 Å². The SMILES string of the molecule is CCC(C)OC(=NC(=O)N(C)C)NC(=O)NSC(C)(C)C. The van der Waals surface area contributed by atoms with E-state index in [9.17, 15) is 9.59 Å². The van der Waals surface area contributed by atoms with Crippen LogP contribution in [0.5, 0.6) is 0 Å². The van der Waals surface area contributed by atoms with Crippen molar-refractivity contribution in [3.63, 3.8) is 0 Å². The lowest BCUT2D eigenvalue weighted by atomic mass is 10.3. The van der Waals surface area contributed by atoms with Crippen LogP contribution >= 0.6 is 11.9 Å². The Bertz CT molecular complexity index is 391. The molecule has 0 saturated heterocycles. The first kappa shape index (κ1) is 19.6. The van der Waals surface area contributed by atoms with Crippen molar-refractivity contribution >= 4 is 30.0 Å². The molecule has 0 radical (unpaired) electrons. The Morgan fingerprint density at radius 1 is 1.33 bits per heavy atom. The highest BCUT2D eigenvalue weighted by Crippen LogP contribution is 2.18. The van der Waals surface area contributed by atoms with E-state index in [4.69, 9.17) is 4.74 Å². The number of carbonyl (C=O) groups excluding carboxylic acids is 2. The van der Waals surface area contributed by atoms with Crippen LogP contribution in [0, 0.1) is 0 Å². The highest BCUT2D eigenvalue weighted by Gasteiger charge is 2.16. The van der Waals surface area contributed by atoms with E-state index in [0.29, 0.717) is 0 Å². The van der Waals surface area contributed by atoms with Crippen molar-refractivity contribution in [2.75, 3.05) is 14.1 Å². The average Bonchev–Trinajstić information content (AvgIpc) is 2.35. The van der Waals surface area contributed by atoms with Gasteiger partial charge < -0.3 is 9.64 Å². The van der Waals surface area contributed by atoms with Gasteiger partial charge in [0.15, 0.2) is 0 Å². The molecule has 2 N–H and O–H groups in total. The Morgan fingerprint density at radius 3 is 2.33 bits per heavy atom. The van der Waals surface area contributed by atoms with Crippen LogP contribution in [-0.4, -0.2) is 47.9 Å². The summed E-state index contributed by atoms with van der Waals surface area (Å²) in [5, 5.41) is 2.45. The zero-order chi connectivity index (χ0) is 16.6. The van der Waals surface area contributed by atoms with E-state index < -0.39 is 12.1 Å². The summed E-state index contributed by atoms with van der Waals surface area (Å²) in [4.78, 5) is 28.4. The van der Waals surface area contributed by atoms with E-state index in [1.807, 2.05) is 34.6 Å². The topological polar surface area (TPSA) is 83.0 Å². The van der Waals surface area contributed by atoms with Crippen LogP contribution in [0.4, 0.5) is 9.59 Å². The molecule has 0 heterocycles. The number of aliphatic imine (C=N–C) groups is 1. The summed E-state index contributed by atoms with van der Waals surface area (Å²) in [5.74, 6) is 0. The molecule has 1 atom stereocenters. The van der Waals surface area contributed by atoms with Crippen LogP contribution in [0.15, 0.2) is 4.99 Å². The Hall–Kier alpha value is -1.44. The molecule has 21 heavy (non-hydrogen) atoms. The lowest BCUT2D eigenvalue weighted by molar-refractivity contribution is 0.189. The summed E-state index contributed by atoms with van der Waals surface area (Å²) in [6.07, 6.45) is 0.573. The van der Waals surface area contributed by atoms with Gasteiger partial charge in [0.1, 0.15) is 0 Å². The lowest BCUT2D eigenvalue weighted by Crippen LogP contribution is -2.41. The molecule has 0 bridgehead atoms. The van der Waals surface area contributed by atoms with Crippen molar-refractivity contribution in [3.8, 4) is 0 Å². The molecule has 0 aliphatic heterocycles. The fraction of sp³-hybridized carbons (Fsp3) is 0.769. The maximum absolute atomic E-state index is 11.8. The molecule has 1 unspecified atom stereocenters. The molecular weight excluding hydrogens is 292 g/mol. The number of amides is 4. The summed E-state index contributed by atoms with van der Waals surface area (Å²) in [6.45, 7) is 9.68. The van der Waals surface area contributed by atoms with Crippen molar-refractivity contribution in [2.45, 2.75) is 51.9 Å². The number of nitrogens with zero attached hydrogens (tertiary/aromatic N) is 2. The van der Waals surface area contributed by atoms with Gasteiger partial charge in [-0.3, -0.25) is 10.0 Å². The first-order valence-corrected chi connectivity index (χ1v) is 7.58. The van der Waals surface area contributed by atoms with E-state index in [-0.39, 0.29) is 16.9 Å². The van der Waals surface area contributed by atoms with Crippen molar-refractivity contribution < 1.29 is 14.3 Å². The van der Waals surface area contributed by atoms with E-state index >= 15 is 0 Å². The second kappa shape index (κ2) is 8.76. The average molecular weight is 318 g/mol. The summed E-state index contributed by atoms with van der Waals surface area (Å²) < 4.78 is 7.95. The molecule has 0 aliphatic rings. The van der Waals surface area contributed by atoms with Crippen LogP contribution in [0.3, 0.4) is 0 Å². The standard InChI is InChI=1S/C13H26N4O3S/c1-8-9(2)20-11(15-12(19)17(6)7)14-10(18)16-21-13(3,4)5/h9H,8H2,1-7H3,(H2,14,15,16,18,19). The maximum Gasteiger partial charge on any atom is 0.347 e. The summed E-state index contributed by atoms with van der Waals surface area (Å²) in [7, 11) is 3.14. The molecule has 7 nitrogen and oxygen atoms in total. The van der Waals surface area contributed by atoms with Gasteiger partial charge in [-0.05, 0) is 46.1 Å². The minimum atomic E-state index is -0.503. The molecule has 8 heteroatoms. The molecule has 0 aromatic rings. The molecular formula is C13H26N4O3S. The van der Waals surface area contributed by atoms with Crippen molar-refractivity contribution in [1.82, 2.24) is 14.9 Å². The Morgan fingerprint density at radius 2 is 1.90 bits per heavy atom. The van der Waals surface area contributed by atoms with E-state index in [1.54, 1.807) is 14.1 Å². The number of hydrogen-bond acceptors (Lipinski definition) is 4. The molecule has 0 spiro atoms. The van der Waals surface area contributed by atoms with Gasteiger partial charge >= 0.3 is 18.1 Å². The predicted molar refractivity (Wildman–Crippen MR) is 86.4 cm³/mol. The maximum atomic E-state index is 11.8. The third-order valence-electron chi connectivity index (χ3n) is 2.14. The number of hydrogen-bond donors (Lipinski definition) is 2. The van der Waals surface area contributed by atoms with Crippen LogP contribution in [-0.2, 0) is 4.74 Å². The zero-order valence-corrected chi connectivity index (χ0v) is 14.6. The number of urea groups is 2. The van der Waals surface area contributed by atoms with E-state index in [2.05, 4.69) is 15.0 Å². The second-order valence-corrected chi connectivity index (χ2v) is 7.33. The monoisotopic (exact) mass is 318 g/mol. The lowest BCUT2D eigenvalue weighted by Gasteiger charge is -2.19. The van der Waals surface area contributed by atoms with Gasteiger partial charge in [-0.2, -0.15) is 0 Å². The second-order valence-electron chi connectivity index (χ2n) is 5.70. The number of nitrogens with one attached hydrogen (secondary N) is 2. The molecule has 0 fully saturated rings.